The van der Waals surface area contributed by atoms with E-state index in [0.717, 1.165) is 17.7 Å². The van der Waals surface area contributed by atoms with Gasteiger partial charge in [0, 0.05) is 12.1 Å². The van der Waals surface area contributed by atoms with Crippen LogP contribution in [0, 0.1) is 5.92 Å². The van der Waals surface area contributed by atoms with Crippen molar-refractivity contribution in [2.75, 3.05) is 7.11 Å². The van der Waals surface area contributed by atoms with Crippen molar-refractivity contribution >= 4 is 10.8 Å². The van der Waals surface area contributed by atoms with Crippen molar-refractivity contribution in [3.63, 3.8) is 0 Å². The lowest BCUT2D eigenvalue weighted by molar-refractivity contribution is 0.415. The summed E-state index contributed by atoms with van der Waals surface area (Å²) in [4.78, 5) is 0. The third-order valence-electron chi connectivity index (χ3n) is 4.48. The average molecular weight is 269 g/mol. The van der Waals surface area contributed by atoms with Crippen molar-refractivity contribution in [3.05, 3.63) is 42.0 Å². The molecular weight excluding hydrogens is 246 g/mol. The van der Waals surface area contributed by atoms with E-state index in [-0.39, 0.29) is 0 Å². The molecule has 0 heterocycles. The predicted octanol–water partition coefficient (Wildman–Crippen LogP) is 4.30. The zero-order valence-electron chi connectivity index (χ0n) is 12.5. The lowest BCUT2D eigenvalue weighted by Gasteiger charge is -2.15. The number of rotatable bonds is 5. The van der Waals surface area contributed by atoms with Gasteiger partial charge in [-0.2, -0.15) is 0 Å². The number of methoxy groups -OCH3 is 1. The van der Waals surface area contributed by atoms with Crippen molar-refractivity contribution in [1.82, 2.24) is 5.32 Å². The van der Waals surface area contributed by atoms with Gasteiger partial charge in [-0.15, -0.1) is 0 Å². The predicted molar refractivity (Wildman–Crippen MR) is 84.2 cm³/mol. The van der Waals surface area contributed by atoms with Crippen LogP contribution in [0.25, 0.3) is 10.8 Å². The average Bonchev–Trinajstić information content (AvgIpc) is 3.24. The Morgan fingerprint density at radius 3 is 2.65 bits per heavy atom. The summed E-state index contributed by atoms with van der Waals surface area (Å²) in [5, 5.41) is 6.25. The lowest BCUT2D eigenvalue weighted by atomic mass is 10.0. The summed E-state index contributed by atoms with van der Waals surface area (Å²) in [5.41, 5.74) is 1.37. The summed E-state index contributed by atoms with van der Waals surface area (Å²) < 4.78 is 5.27. The summed E-state index contributed by atoms with van der Waals surface area (Å²) in [6.45, 7) is 4.54. The highest BCUT2D eigenvalue weighted by atomic mass is 16.5. The highest BCUT2D eigenvalue weighted by molar-refractivity contribution is 5.84. The highest BCUT2D eigenvalue weighted by Gasteiger charge is 2.35. The smallest absolute Gasteiger partial charge is 0.119 e. The molecule has 2 nitrogen and oxygen atoms in total. The summed E-state index contributed by atoms with van der Waals surface area (Å²) in [7, 11) is 1.71. The third-order valence-corrected chi connectivity index (χ3v) is 4.48. The fraction of sp³-hybridized carbons (Fsp3) is 0.444. The van der Waals surface area contributed by atoms with Gasteiger partial charge >= 0.3 is 0 Å². The molecule has 2 heteroatoms. The molecule has 0 bridgehead atoms. The zero-order chi connectivity index (χ0) is 14.1. The molecule has 0 spiro atoms. The van der Waals surface area contributed by atoms with Gasteiger partial charge in [0.25, 0.3) is 0 Å². The van der Waals surface area contributed by atoms with Gasteiger partial charge in [-0.1, -0.05) is 31.5 Å². The van der Waals surface area contributed by atoms with E-state index in [1.54, 1.807) is 7.11 Å². The number of ether oxygens (including phenoxy) is 1. The Hall–Kier alpha value is -1.54. The number of hydrogen-bond donors (Lipinski definition) is 1. The van der Waals surface area contributed by atoms with Crippen LogP contribution in [0.1, 0.15) is 38.3 Å². The van der Waals surface area contributed by atoms with E-state index in [4.69, 9.17) is 4.74 Å². The molecule has 1 fully saturated rings. The Kier molecular flexibility index (Phi) is 3.66. The maximum absolute atomic E-state index is 5.27. The monoisotopic (exact) mass is 269 g/mol. The van der Waals surface area contributed by atoms with Crippen LogP contribution in [0.5, 0.6) is 5.75 Å². The SMILES string of the molecule is CCC1CC1NC(C)c1ccc2cc(OC)ccc2c1. The number of fused-ring (bicyclic) bond motifs is 1. The van der Waals surface area contributed by atoms with Gasteiger partial charge in [-0.25, -0.2) is 0 Å². The standard InChI is InChI=1S/C18H23NO/c1-4-13-11-18(13)19-12(2)14-5-6-16-10-17(20-3)8-7-15(16)9-14/h5-10,12-13,18-19H,4,11H2,1-3H3. The summed E-state index contributed by atoms with van der Waals surface area (Å²) in [6.07, 6.45) is 2.63. The number of nitrogens with one attached hydrogen (secondary N) is 1. The van der Waals surface area contributed by atoms with Crippen LogP contribution < -0.4 is 10.1 Å². The van der Waals surface area contributed by atoms with Crippen LogP contribution in [-0.2, 0) is 0 Å². The van der Waals surface area contributed by atoms with E-state index in [2.05, 4.69) is 49.5 Å². The van der Waals surface area contributed by atoms with Gasteiger partial charge in [-0.3, -0.25) is 0 Å². The first kappa shape index (κ1) is 13.4. The molecule has 3 rings (SSSR count). The second kappa shape index (κ2) is 5.45. The molecule has 3 atom stereocenters. The van der Waals surface area contributed by atoms with E-state index < -0.39 is 0 Å². The van der Waals surface area contributed by atoms with Crippen LogP contribution in [0.3, 0.4) is 0 Å². The Bertz CT molecular complexity index is 607. The molecule has 0 aliphatic heterocycles. The maximum atomic E-state index is 5.27. The van der Waals surface area contributed by atoms with Gasteiger partial charge < -0.3 is 10.1 Å². The topological polar surface area (TPSA) is 21.3 Å². The molecule has 106 valence electrons. The molecule has 3 unspecified atom stereocenters. The molecule has 0 radical (unpaired) electrons. The maximum Gasteiger partial charge on any atom is 0.119 e. The van der Waals surface area contributed by atoms with Gasteiger partial charge in [-0.05, 0) is 53.8 Å². The first-order valence-electron chi connectivity index (χ1n) is 7.55. The van der Waals surface area contributed by atoms with Crippen molar-refractivity contribution in [2.24, 2.45) is 5.92 Å². The van der Waals surface area contributed by atoms with Crippen molar-refractivity contribution < 1.29 is 4.74 Å². The third kappa shape index (κ3) is 2.66. The van der Waals surface area contributed by atoms with Crippen LogP contribution in [0.15, 0.2) is 36.4 Å². The summed E-state index contributed by atoms with van der Waals surface area (Å²) in [6, 6.07) is 14.1. The molecule has 2 aromatic rings. The molecule has 1 N–H and O–H groups in total. The minimum Gasteiger partial charge on any atom is -0.497 e. The zero-order valence-corrected chi connectivity index (χ0v) is 12.5. The Morgan fingerprint density at radius 2 is 1.95 bits per heavy atom. The van der Waals surface area contributed by atoms with Gasteiger partial charge in [0.05, 0.1) is 7.11 Å². The summed E-state index contributed by atoms with van der Waals surface area (Å²) >= 11 is 0. The van der Waals surface area contributed by atoms with E-state index in [1.165, 1.54) is 29.2 Å². The molecule has 2 aromatic carbocycles. The molecule has 0 amide bonds. The first-order chi connectivity index (χ1) is 9.71. The van der Waals surface area contributed by atoms with E-state index in [0.29, 0.717) is 6.04 Å². The minimum atomic E-state index is 0.419. The molecule has 0 saturated heterocycles. The Labute approximate surface area is 121 Å². The van der Waals surface area contributed by atoms with E-state index >= 15 is 0 Å². The van der Waals surface area contributed by atoms with Crippen LogP contribution in [0.2, 0.25) is 0 Å². The van der Waals surface area contributed by atoms with Crippen molar-refractivity contribution in [2.45, 2.75) is 38.8 Å². The molecule has 20 heavy (non-hydrogen) atoms. The van der Waals surface area contributed by atoms with Gasteiger partial charge in [0.2, 0.25) is 0 Å². The van der Waals surface area contributed by atoms with Crippen LogP contribution >= 0.6 is 0 Å². The van der Waals surface area contributed by atoms with Gasteiger partial charge in [0.1, 0.15) is 5.75 Å². The lowest BCUT2D eigenvalue weighted by Crippen LogP contribution is -2.22. The minimum absolute atomic E-state index is 0.419. The van der Waals surface area contributed by atoms with Crippen LogP contribution in [0.4, 0.5) is 0 Å². The van der Waals surface area contributed by atoms with Crippen molar-refractivity contribution in [3.8, 4) is 5.75 Å². The number of hydrogen-bond acceptors (Lipinski definition) is 2. The quantitative estimate of drug-likeness (QED) is 0.874. The first-order valence-corrected chi connectivity index (χ1v) is 7.55. The molecule has 0 aromatic heterocycles. The highest BCUT2D eigenvalue weighted by Crippen LogP contribution is 2.35. The number of benzene rings is 2. The fourth-order valence-electron chi connectivity index (χ4n) is 2.96. The molecule has 1 aliphatic rings. The largest absolute Gasteiger partial charge is 0.497 e. The van der Waals surface area contributed by atoms with Gasteiger partial charge in [0.15, 0.2) is 0 Å². The van der Waals surface area contributed by atoms with Crippen molar-refractivity contribution in [1.29, 1.82) is 0 Å². The van der Waals surface area contributed by atoms with Crippen LogP contribution in [-0.4, -0.2) is 13.2 Å². The molecule has 1 saturated carbocycles. The van der Waals surface area contributed by atoms with E-state index in [1.807, 2.05) is 6.07 Å². The fourth-order valence-corrected chi connectivity index (χ4v) is 2.96. The Morgan fingerprint density at radius 1 is 1.20 bits per heavy atom. The Balaban J connectivity index is 1.78. The molecular formula is C18H23NO. The van der Waals surface area contributed by atoms with E-state index in [9.17, 15) is 0 Å². The summed E-state index contributed by atoms with van der Waals surface area (Å²) in [5.74, 6) is 1.81. The normalized spacial score (nSPS) is 22.8. The molecule has 1 aliphatic carbocycles. The second-order valence-corrected chi connectivity index (χ2v) is 5.87. The second-order valence-electron chi connectivity index (χ2n) is 5.87.